The Bertz CT molecular complexity index is 4710. The summed E-state index contributed by atoms with van der Waals surface area (Å²) in [7, 11) is 0. The third kappa shape index (κ3) is 25.1. The second-order valence-electron chi connectivity index (χ2n) is 34.0. The van der Waals surface area contributed by atoms with Crippen LogP contribution in [0.15, 0.2) is 164 Å². The molecule has 8 aromatic rings. The number of nitrogens with zero attached hydrogens (tertiary/aromatic N) is 5. The van der Waals surface area contributed by atoms with Crippen LogP contribution in [0.1, 0.15) is 224 Å². The number of carbonyl (C=O) groups is 8. The minimum atomic E-state index is -0.938. The van der Waals surface area contributed by atoms with Crippen LogP contribution in [-0.4, -0.2) is 198 Å². The lowest BCUT2D eigenvalue weighted by atomic mass is 9.76. The summed E-state index contributed by atoms with van der Waals surface area (Å²) < 4.78 is 21.5. The fourth-order valence-corrected chi connectivity index (χ4v) is 19.6. The van der Waals surface area contributed by atoms with Gasteiger partial charge in [0.05, 0.1) is 115 Å². The molecular formula is C102H121N5O16. The van der Waals surface area contributed by atoms with E-state index < -0.39 is 23.9 Å². The smallest absolute Gasteiger partial charge is 0.335 e. The summed E-state index contributed by atoms with van der Waals surface area (Å²) in [4.78, 5) is 111. The topological polar surface area (TPSA) is 280 Å². The molecule has 0 bridgehead atoms. The number of hydrogen-bond acceptors (Lipinski definition) is 13. The lowest BCUT2D eigenvalue weighted by Crippen LogP contribution is -2.41. The predicted octanol–water partition coefficient (Wildman–Crippen LogP) is 17.2. The van der Waals surface area contributed by atoms with Gasteiger partial charge in [0.2, 0.25) is 23.6 Å². The summed E-state index contributed by atoms with van der Waals surface area (Å²) in [5, 5.41) is 38.2. The minimum absolute atomic E-state index is 0.0172. The molecule has 5 heterocycles. The zero-order chi connectivity index (χ0) is 85.8. The van der Waals surface area contributed by atoms with Crippen molar-refractivity contribution >= 4 is 47.5 Å². The largest absolute Gasteiger partial charge is 0.481 e. The van der Waals surface area contributed by atoms with Gasteiger partial charge >= 0.3 is 23.9 Å². The molecule has 650 valence electrons. The van der Waals surface area contributed by atoms with E-state index in [1.165, 1.54) is 69.8 Å². The molecule has 8 fully saturated rings. The fraction of sp³-hybridized carbons (Fsp3) is 0.461. The molecular weight excluding hydrogens is 1550 g/mol. The molecule has 4 aliphatic heterocycles. The molecule has 4 amide bonds. The summed E-state index contributed by atoms with van der Waals surface area (Å²) in [6, 6.07) is 54.1. The summed E-state index contributed by atoms with van der Waals surface area (Å²) in [5.41, 5.74) is 19.1. The van der Waals surface area contributed by atoms with Crippen molar-refractivity contribution < 1.29 is 77.7 Å². The molecule has 21 nitrogen and oxygen atoms in total. The summed E-state index contributed by atoms with van der Waals surface area (Å²) in [5.74, 6) is -1.77. The van der Waals surface area contributed by atoms with Crippen LogP contribution >= 0.6 is 0 Å². The van der Waals surface area contributed by atoms with Crippen molar-refractivity contribution in [2.75, 3.05) is 105 Å². The molecule has 0 unspecified atom stereocenters. The van der Waals surface area contributed by atoms with Gasteiger partial charge in [-0.25, -0.2) is 4.79 Å². The summed E-state index contributed by atoms with van der Waals surface area (Å²) in [6.07, 6.45) is 24.0. The Balaban J connectivity index is 0.000000141. The number of amides is 4. The first-order valence-electron chi connectivity index (χ1n) is 45.0. The maximum atomic E-state index is 13.1. The van der Waals surface area contributed by atoms with Crippen molar-refractivity contribution in [2.45, 2.75) is 197 Å². The Morgan fingerprint density at radius 1 is 0.301 bits per heavy atom. The number of aromatic nitrogens is 1. The lowest BCUT2D eigenvalue weighted by Gasteiger charge is -2.30. The quantitative estimate of drug-likeness (QED) is 0.0463. The molecule has 16 rings (SSSR count). The molecule has 4 N–H and O–H groups in total. The number of rotatable bonds is 23. The maximum Gasteiger partial charge on any atom is 0.335 e. The number of hydrogen-bond donors (Lipinski definition) is 4. The molecule has 0 spiro atoms. The first-order chi connectivity index (χ1) is 60.0. The molecule has 1 aromatic heterocycles. The highest BCUT2D eigenvalue weighted by Gasteiger charge is 2.33. The van der Waals surface area contributed by atoms with E-state index >= 15 is 0 Å². The second kappa shape index (κ2) is 45.6. The van der Waals surface area contributed by atoms with Crippen LogP contribution in [0.5, 0.6) is 0 Å². The number of ether oxygens (including phenoxy) is 4. The Labute approximate surface area is 723 Å². The van der Waals surface area contributed by atoms with Crippen molar-refractivity contribution in [1.82, 2.24) is 24.6 Å². The standard InChI is InChI=1S/2C26H31NO4.C25H30N2O4.C25H29NO4/c28-24(27-11-13-31-14-12-27)18-22-15-19(17-25(29)30)16-23(20-7-3-1-4-8-20)26(22)21-9-5-2-6-10-21;28-23(27-13-15-31-16-14-27)17-21-11-12-22(18-24(29)30)26(20-9-5-2-6-10-20)25(21)19-7-3-1-4-8-19;28-23(27-11-13-31-14-12-27)17-22-25(19-9-5-2-6-10-19)21(18-7-3-1-4-8-18)15-20(26-22)16-24(29)30;27-23(26-11-13-30-14-12-26)17-20-15-21(25(28)29)16-22(18-7-3-1-4-8-18)24(20)19-9-5-2-6-10-19/h2,5-6,9-10,15-16,20H,1,3-4,7-8,11-14,17-18H2,(H,29,30);1,3-4,7-8,11-12,20H,2,5-6,9-10,13-18H2,(H,29,30);2,5-6,9-10,15,18H,1,3-4,7-8,11-14,16-17H2,(H,29,30);2,5-6,9-10,15-16,18H,1,3-4,7-8,11-14,17H2,(H,28,29). The number of carbonyl (C=O) groups excluding carboxylic acids is 4. The van der Waals surface area contributed by atoms with Gasteiger partial charge in [-0.3, -0.25) is 38.5 Å². The monoisotopic (exact) mass is 1670 g/mol. The third-order valence-corrected chi connectivity index (χ3v) is 25.6. The number of benzene rings is 7. The van der Waals surface area contributed by atoms with E-state index in [4.69, 9.17) is 23.9 Å². The Hall–Kier alpha value is -10.7. The van der Waals surface area contributed by atoms with E-state index in [0.29, 0.717) is 147 Å². The van der Waals surface area contributed by atoms with E-state index in [0.717, 1.165) is 153 Å². The molecule has 4 saturated heterocycles. The van der Waals surface area contributed by atoms with E-state index in [-0.39, 0.29) is 67.7 Å². The molecule has 4 aliphatic carbocycles. The Morgan fingerprint density at radius 3 is 1.01 bits per heavy atom. The lowest BCUT2D eigenvalue weighted by molar-refractivity contribution is -0.137. The third-order valence-electron chi connectivity index (χ3n) is 25.6. The van der Waals surface area contributed by atoms with Gasteiger partial charge in [-0.15, -0.1) is 0 Å². The summed E-state index contributed by atoms with van der Waals surface area (Å²) in [6.45, 7) is 9.38. The molecule has 0 atom stereocenters. The van der Waals surface area contributed by atoms with Gasteiger partial charge in [-0.1, -0.05) is 223 Å². The van der Waals surface area contributed by atoms with E-state index in [1.54, 1.807) is 6.07 Å². The number of carboxylic acid groups (broad SMARTS) is 4. The zero-order valence-electron chi connectivity index (χ0n) is 71.2. The van der Waals surface area contributed by atoms with Crippen molar-refractivity contribution in [3.05, 3.63) is 231 Å². The number of aliphatic carboxylic acids is 3. The highest BCUT2D eigenvalue weighted by Crippen LogP contribution is 2.47. The van der Waals surface area contributed by atoms with Crippen LogP contribution in [-0.2, 0) is 97.5 Å². The van der Waals surface area contributed by atoms with E-state index in [2.05, 4.69) is 54.6 Å². The van der Waals surface area contributed by atoms with Gasteiger partial charge in [0.25, 0.3) is 0 Å². The number of morpholine rings is 4. The van der Waals surface area contributed by atoms with Crippen LogP contribution in [0.2, 0.25) is 0 Å². The van der Waals surface area contributed by atoms with Crippen molar-refractivity contribution in [3.63, 3.8) is 0 Å². The van der Waals surface area contributed by atoms with Crippen molar-refractivity contribution in [1.29, 1.82) is 0 Å². The van der Waals surface area contributed by atoms with Crippen LogP contribution in [0.4, 0.5) is 0 Å². The van der Waals surface area contributed by atoms with Gasteiger partial charge in [0.1, 0.15) is 0 Å². The van der Waals surface area contributed by atoms with Gasteiger partial charge in [0, 0.05) is 57.9 Å². The van der Waals surface area contributed by atoms with Crippen LogP contribution in [0.25, 0.3) is 44.5 Å². The second-order valence-corrected chi connectivity index (χ2v) is 34.0. The van der Waals surface area contributed by atoms with Crippen molar-refractivity contribution in [3.8, 4) is 44.5 Å². The Kier molecular flexibility index (Phi) is 33.4. The molecule has 7 aromatic carbocycles. The molecule has 0 radical (unpaired) electrons. The fourth-order valence-electron chi connectivity index (χ4n) is 19.6. The molecule has 8 aliphatic rings. The molecule has 123 heavy (non-hydrogen) atoms. The number of pyridine rings is 1. The Morgan fingerprint density at radius 2 is 0.626 bits per heavy atom. The SMILES string of the molecule is O=C(O)Cc1cc(C2CCCCC2)c(-c2ccccc2)c(CC(=O)N2CCOCC2)n1.O=C(O)Cc1cc(CC(=O)N2CCOCC2)c(-c2ccccc2)c(C2CCCCC2)c1.O=C(O)Cc1ccc(CC(=O)N2CCOCC2)c(-c2ccccc2)c1C1CCCCC1.O=C(O)c1cc(CC(=O)N2CCOCC2)c(-c2ccccc2)c(C2CCCCC2)c1. The van der Waals surface area contributed by atoms with E-state index in [9.17, 15) is 58.8 Å². The highest BCUT2D eigenvalue weighted by atomic mass is 16.5. The summed E-state index contributed by atoms with van der Waals surface area (Å²) >= 11 is 0. The predicted molar refractivity (Wildman–Crippen MR) is 474 cm³/mol. The molecule has 4 saturated carbocycles. The van der Waals surface area contributed by atoms with Gasteiger partial charge in [-0.05, 0) is 182 Å². The van der Waals surface area contributed by atoms with Gasteiger partial charge in [0.15, 0.2) is 0 Å². The average Bonchev–Trinajstić information content (AvgIpc) is 0.778. The highest BCUT2D eigenvalue weighted by molar-refractivity contribution is 5.92. The first-order valence-corrected chi connectivity index (χ1v) is 45.0. The number of aromatic carboxylic acids is 1. The number of carboxylic acids is 4. The zero-order valence-corrected chi connectivity index (χ0v) is 71.2. The normalized spacial score (nSPS) is 17.5. The van der Waals surface area contributed by atoms with Gasteiger partial charge < -0.3 is 59.0 Å². The average molecular weight is 1670 g/mol. The van der Waals surface area contributed by atoms with E-state index in [1.807, 2.05) is 123 Å². The first kappa shape index (κ1) is 90.0. The minimum Gasteiger partial charge on any atom is -0.481 e. The van der Waals surface area contributed by atoms with Crippen LogP contribution < -0.4 is 0 Å². The molecule has 21 heteroatoms. The van der Waals surface area contributed by atoms with Crippen LogP contribution in [0.3, 0.4) is 0 Å². The van der Waals surface area contributed by atoms with Crippen molar-refractivity contribution in [2.24, 2.45) is 0 Å². The van der Waals surface area contributed by atoms with Crippen LogP contribution in [0, 0.1) is 0 Å². The maximum absolute atomic E-state index is 13.1. The van der Waals surface area contributed by atoms with Gasteiger partial charge in [-0.2, -0.15) is 0 Å².